The summed E-state index contributed by atoms with van der Waals surface area (Å²) in [7, 11) is 0. The molecule has 132 valence electrons. The van der Waals surface area contributed by atoms with Crippen LogP contribution in [0.1, 0.15) is 60.8 Å². The molecule has 0 unspecified atom stereocenters. The van der Waals surface area contributed by atoms with Gasteiger partial charge in [-0.2, -0.15) is 0 Å². The second kappa shape index (κ2) is 8.28. The van der Waals surface area contributed by atoms with Crippen LogP contribution in [0, 0.1) is 0 Å². The molecule has 1 heterocycles. The highest BCUT2D eigenvalue weighted by Crippen LogP contribution is 2.38. The van der Waals surface area contributed by atoms with Gasteiger partial charge < -0.3 is 15.4 Å². The number of carbonyl (C=O) groups is 3. The van der Waals surface area contributed by atoms with Gasteiger partial charge in [0.25, 0.3) is 5.91 Å². The summed E-state index contributed by atoms with van der Waals surface area (Å²) in [5.74, 6) is -1.09. The highest BCUT2D eigenvalue weighted by molar-refractivity contribution is 7.17. The van der Waals surface area contributed by atoms with E-state index in [0.29, 0.717) is 10.6 Å². The van der Waals surface area contributed by atoms with E-state index in [2.05, 4.69) is 10.6 Å². The predicted molar refractivity (Wildman–Crippen MR) is 93.4 cm³/mol. The van der Waals surface area contributed by atoms with Gasteiger partial charge in [0.05, 0.1) is 5.56 Å². The Morgan fingerprint density at radius 1 is 1.25 bits per heavy atom. The molecule has 1 aromatic heterocycles. The van der Waals surface area contributed by atoms with Gasteiger partial charge in [0.1, 0.15) is 5.00 Å². The third-order valence-electron chi connectivity index (χ3n) is 4.02. The standard InChI is InChI=1S/C17H24N2O4S/c1-4-10(2)18-14(21)9-23-17(22)15-12-7-5-6-8-13(12)24-16(15)19-11(3)20/h10H,4-9H2,1-3H3,(H,18,21)(H,19,20)/t10-/m1/s1. The zero-order valence-corrected chi connectivity index (χ0v) is 15.2. The molecule has 0 spiro atoms. The maximum absolute atomic E-state index is 12.5. The smallest absolute Gasteiger partial charge is 0.341 e. The molecule has 0 aliphatic heterocycles. The topological polar surface area (TPSA) is 84.5 Å². The first-order valence-corrected chi connectivity index (χ1v) is 9.12. The molecular formula is C17H24N2O4S. The predicted octanol–water partition coefficient (Wildman–Crippen LogP) is 2.66. The van der Waals surface area contributed by atoms with Crippen LogP contribution in [0.3, 0.4) is 0 Å². The Morgan fingerprint density at radius 3 is 2.62 bits per heavy atom. The molecule has 1 atom stereocenters. The quantitative estimate of drug-likeness (QED) is 0.771. The maximum atomic E-state index is 12.5. The van der Waals surface area contributed by atoms with Gasteiger partial charge in [-0.1, -0.05) is 6.92 Å². The van der Waals surface area contributed by atoms with Gasteiger partial charge in [-0.05, 0) is 44.6 Å². The summed E-state index contributed by atoms with van der Waals surface area (Å²) < 4.78 is 5.19. The number of amides is 2. The van der Waals surface area contributed by atoms with E-state index in [9.17, 15) is 14.4 Å². The molecule has 24 heavy (non-hydrogen) atoms. The first-order valence-electron chi connectivity index (χ1n) is 8.31. The van der Waals surface area contributed by atoms with Crippen LogP contribution in [0.15, 0.2) is 0 Å². The highest BCUT2D eigenvalue weighted by Gasteiger charge is 2.27. The van der Waals surface area contributed by atoms with Gasteiger partial charge in [0.2, 0.25) is 5.91 Å². The second-order valence-electron chi connectivity index (χ2n) is 6.05. The summed E-state index contributed by atoms with van der Waals surface area (Å²) >= 11 is 1.43. The molecule has 1 aromatic rings. The number of hydrogen-bond acceptors (Lipinski definition) is 5. The van der Waals surface area contributed by atoms with E-state index in [0.717, 1.165) is 42.5 Å². The molecule has 0 saturated carbocycles. The van der Waals surface area contributed by atoms with Crippen molar-refractivity contribution in [3.8, 4) is 0 Å². The lowest BCUT2D eigenvalue weighted by atomic mass is 9.95. The minimum atomic E-state index is -0.544. The number of hydrogen-bond donors (Lipinski definition) is 2. The summed E-state index contributed by atoms with van der Waals surface area (Å²) in [4.78, 5) is 36.8. The number of rotatable bonds is 6. The van der Waals surface area contributed by atoms with Gasteiger partial charge in [-0.3, -0.25) is 9.59 Å². The summed E-state index contributed by atoms with van der Waals surface area (Å²) in [5, 5.41) is 6.00. The van der Waals surface area contributed by atoms with Crippen molar-refractivity contribution in [1.82, 2.24) is 5.32 Å². The molecule has 0 aromatic carbocycles. The van der Waals surface area contributed by atoms with Crippen LogP contribution >= 0.6 is 11.3 Å². The van der Waals surface area contributed by atoms with E-state index in [1.165, 1.54) is 18.3 Å². The fourth-order valence-electron chi connectivity index (χ4n) is 2.65. The van der Waals surface area contributed by atoms with Crippen molar-refractivity contribution in [3.05, 3.63) is 16.0 Å². The van der Waals surface area contributed by atoms with Crippen molar-refractivity contribution in [3.63, 3.8) is 0 Å². The van der Waals surface area contributed by atoms with Crippen molar-refractivity contribution in [2.45, 2.75) is 58.9 Å². The molecule has 0 fully saturated rings. The van der Waals surface area contributed by atoms with Crippen LogP contribution in [0.25, 0.3) is 0 Å². The SMILES string of the molecule is CC[C@@H](C)NC(=O)COC(=O)c1c(NC(C)=O)sc2c1CCCC2. The largest absolute Gasteiger partial charge is 0.452 e. The van der Waals surface area contributed by atoms with Crippen molar-refractivity contribution >= 4 is 34.1 Å². The molecule has 0 radical (unpaired) electrons. The highest BCUT2D eigenvalue weighted by atomic mass is 32.1. The lowest BCUT2D eigenvalue weighted by molar-refractivity contribution is -0.124. The average Bonchev–Trinajstić information content (AvgIpc) is 2.89. The van der Waals surface area contributed by atoms with E-state index in [1.54, 1.807) is 0 Å². The number of anilines is 1. The third-order valence-corrected chi connectivity index (χ3v) is 5.23. The van der Waals surface area contributed by atoms with Gasteiger partial charge in [-0.25, -0.2) is 4.79 Å². The number of esters is 1. The number of aryl methyl sites for hydroxylation is 1. The molecule has 7 heteroatoms. The summed E-state index contributed by atoms with van der Waals surface area (Å²) in [5.41, 5.74) is 1.38. The van der Waals surface area contributed by atoms with Gasteiger partial charge >= 0.3 is 5.97 Å². The Hall–Kier alpha value is -1.89. The van der Waals surface area contributed by atoms with Crippen LogP contribution in [0.4, 0.5) is 5.00 Å². The third kappa shape index (κ3) is 4.56. The fourth-order valence-corrected chi connectivity index (χ4v) is 3.98. The number of carbonyl (C=O) groups excluding carboxylic acids is 3. The van der Waals surface area contributed by atoms with Gasteiger partial charge in [-0.15, -0.1) is 11.3 Å². The first-order chi connectivity index (χ1) is 11.4. The molecule has 0 bridgehead atoms. The Kier molecular flexibility index (Phi) is 6.36. The number of thiophene rings is 1. The number of fused-ring (bicyclic) bond motifs is 1. The Balaban J connectivity index is 2.11. The summed E-state index contributed by atoms with van der Waals surface area (Å²) in [6, 6.07) is 0.0417. The lowest BCUT2D eigenvalue weighted by Gasteiger charge is -2.14. The minimum absolute atomic E-state index is 0.0417. The molecule has 1 aliphatic rings. The lowest BCUT2D eigenvalue weighted by Crippen LogP contribution is -2.35. The molecule has 2 amide bonds. The monoisotopic (exact) mass is 352 g/mol. The molecule has 6 nitrogen and oxygen atoms in total. The minimum Gasteiger partial charge on any atom is -0.452 e. The van der Waals surface area contributed by atoms with E-state index < -0.39 is 5.97 Å². The Bertz CT molecular complexity index is 639. The van der Waals surface area contributed by atoms with Crippen LogP contribution in [0.2, 0.25) is 0 Å². The van der Waals surface area contributed by atoms with Crippen LogP contribution in [-0.4, -0.2) is 30.4 Å². The molecule has 1 aliphatic carbocycles. The molecule has 2 N–H and O–H groups in total. The molecule has 2 rings (SSSR count). The summed E-state index contributed by atoms with van der Waals surface area (Å²) in [6.45, 7) is 4.96. The van der Waals surface area contributed by atoms with E-state index in [1.807, 2.05) is 13.8 Å². The normalized spacial score (nSPS) is 14.5. The number of nitrogens with one attached hydrogen (secondary N) is 2. The zero-order chi connectivity index (χ0) is 17.7. The zero-order valence-electron chi connectivity index (χ0n) is 14.4. The van der Waals surface area contributed by atoms with Crippen LogP contribution < -0.4 is 10.6 Å². The fraction of sp³-hybridized carbons (Fsp3) is 0.588. The van der Waals surface area contributed by atoms with Crippen molar-refractivity contribution < 1.29 is 19.1 Å². The van der Waals surface area contributed by atoms with Crippen molar-refractivity contribution in [2.24, 2.45) is 0 Å². The van der Waals surface area contributed by atoms with Gasteiger partial charge in [0, 0.05) is 17.8 Å². The van der Waals surface area contributed by atoms with Gasteiger partial charge in [0.15, 0.2) is 6.61 Å². The van der Waals surface area contributed by atoms with Crippen molar-refractivity contribution in [2.75, 3.05) is 11.9 Å². The Morgan fingerprint density at radius 2 is 1.96 bits per heavy atom. The van der Waals surface area contributed by atoms with Crippen LogP contribution in [0.5, 0.6) is 0 Å². The molecular weight excluding hydrogens is 328 g/mol. The Labute approximate surface area is 146 Å². The summed E-state index contributed by atoms with van der Waals surface area (Å²) in [6.07, 6.45) is 4.62. The van der Waals surface area contributed by atoms with E-state index in [4.69, 9.17) is 4.74 Å². The van der Waals surface area contributed by atoms with Crippen LogP contribution in [-0.2, 0) is 27.2 Å². The van der Waals surface area contributed by atoms with E-state index >= 15 is 0 Å². The maximum Gasteiger partial charge on any atom is 0.341 e. The van der Waals surface area contributed by atoms with E-state index in [-0.39, 0.29) is 24.5 Å². The van der Waals surface area contributed by atoms with Crippen molar-refractivity contribution in [1.29, 1.82) is 0 Å². The first kappa shape index (κ1) is 18.4. The second-order valence-corrected chi connectivity index (χ2v) is 7.15. The number of ether oxygens (including phenoxy) is 1. The molecule has 0 saturated heterocycles. The average molecular weight is 352 g/mol.